The zero-order chi connectivity index (χ0) is 14.8. The predicted octanol–water partition coefficient (Wildman–Crippen LogP) is 2.71. The van der Waals surface area contributed by atoms with Gasteiger partial charge in [0.1, 0.15) is 0 Å². The SMILES string of the molecule is CCO[C@@H]1C[C@H](c2ccccc2)c2c([nH]c(=S)[nH]c2=O)O1. The van der Waals surface area contributed by atoms with Gasteiger partial charge in [0.2, 0.25) is 12.2 Å². The Balaban J connectivity index is 2.12. The van der Waals surface area contributed by atoms with Crippen molar-refractivity contribution in [2.75, 3.05) is 6.61 Å². The standard InChI is InChI=1S/C15H16N2O3S/c1-2-19-11-8-10(9-6-4-3-5-7-9)12-13(18)16-15(21)17-14(12)20-11/h3-7,10-11H,2,8H2,1H3,(H2,16,17,18,21)/t10-,11+/m1/s1. The second kappa shape index (κ2) is 5.83. The number of aromatic nitrogens is 2. The van der Waals surface area contributed by atoms with Crippen LogP contribution in [0.3, 0.4) is 0 Å². The molecule has 0 unspecified atom stereocenters. The number of aromatic amines is 2. The van der Waals surface area contributed by atoms with Crippen LogP contribution in [0.5, 0.6) is 5.88 Å². The summed E-state index contributed by atoms with van der Waals surface area (Å²) in [6.45, 7) is 2.46. The Kier molecular flexibility index (Phi) is 3.90. The van der Waals surface area contributed by atoms with Crippen LogP contribution in [-0.4, -0.2) is 22.9 Å². The van der Waals surface area contributed by atoms with Gasteiger partial charge in [-0.2, -0.15) is 0 Å². The van der Waals surface area contributed by atoms with Crippen LogP contribution in [0.2, 0.25) is 0 Å². The first kappa shape index (κ1) is 14.0. The third-order valence-corrected chi connectivity index (χ3v) is 3.73. The molecule has 1 aromatic carbocycles. The minimum atomic E-state index is -0.389. The van der Waals surface area contributed by atoms with Crippen molar-refractivity contribution in [1.82, 2.24) is 9.97 Å². The molecule has 3 rings (SSSR count). The van der Waals surface area contributed by atoms with Crippen LogP contribution >= 0.6 is 12.2 Å². The molecule has 0 saturated carbocycles. The minimum absolute atomic E-state index is 0.0814. The molecule has 2 atom stereocenters. The molecule has 21 heavy (non-hydrogen) atoms. The number of ether oxygens (including phenoxy) is 2. The molecule has 0 saturated heterocycles. The van der Waals surface area contributed by atoms with E-state index in [1.54, 1.807) is 0 Å². The number of benzene rings is 1. The van der Waals surface area contributed by atoms with Crippen molar-refractivity contribution in [3.05, 3.63) is 56.6 Å². The van der Waals surface area contributed by atoms with Crippen molar-refractivity contribution in [3.8, 4) is 5.88 Å². The van der Waals surface area contributed by atoms with Crippen LogP contribution in [0.15, 0.2) is 35.1 Å². The lowest BCUT2D eigenvalue weighted by Gasteiger charge is -2.30. The fraction of sp³-hybridized carbons (Fsp3) is 0.333. The largest absolute Gasteiger partial charge is 0.449 e. The summed E-state index contributed by atoms with van der Waals surface area (Å²) in [5, 5.41) is 0. The second-order valence-electron chi connectivity index (χ2n) is 4.85. The Labute approximate surface area is 126 Å². The van der Waals surface area contributed by atoms with Crippen molar-refractivity contribution in [2.45, 2.75) is 25.6 Å². The summed E-state index contributed by atoms with van der Waals surface area (Å²) in [5.41, 5.74) is 1.42. The van der Waals surface area contributed by atoms with Crippen molar-refractivity contribution in [3.63, 3.8) is 0 Å². The fourth-order valence-electron chi connectivity index (χ4n) is 2.65. The van der Waals surface area contributed by atoms with Gasteiger partial charge in [-0.05, 0) is 24.7 Å². The highest BCUT2D eigenvalue weighted by atomic mass is 32.1. The highest BCUT2D eigenvalue weighted by Crippen LogP contribution is 2.37. The molecule has 0 spiro atoms. The third kappa shape index (κ3) is 2.77. The van der Waals surface area contributed by atoms with E-state index in [0.29, 0.717) is 24.5 Å². The molecule has 5 nitrogen and oxygen atoms in total. The van der Waals surface area contributed by atoms with E-state index in [0.717, 1.165) is 5.56 Å². The molecule has 2 aromatic rings. The molecule has 1 aliphatic rings. The van der Waals surface area contributed by atoms with Gasteiger partial charge in [0, 0.05) is 18.9 Å². The van der Waals surface area contributed by atoms with Crippen LogP contribution in [-0.2, 0) is 4.74 Å². The van der Waals surface area contributed by atoms with Gasteiger partial charge in [-0.15, -0.1) is 0 Å². The van der Waals surface area contributed by atoms with Gasteiger partial charge in [-0.3, -0.25) is 9.78 Å². The summed E-state index contributed by atoms with van der Waals surface area (Å²) in [6, 6.07) is 9.87. The van der Waals surface area contributed by atoms with Crippen LogP contribution in [0.4, 0.5) is 0 Å². The van der Waals surface area contributed by atoms with Crippen molar-refractivity contribution < 1.29 is 9.47 Å². The Hall–Kier alpha value is -1.92. The average Bonchev–Trinajstić information content (AvgIpc) is 2.47. The normalized spacial score (nSPS) is 20.6. The molecule has 0 bridgehead atoms. The molecule has 0 amide bonds. The van der Waals surface area contributed by atoms with Crippen LogP contribution in [0, 0.1) is 4.77 Å². The van der Waals surface area contributed by atoms with E-state index in [2.05, 4.69) is 9.97 Å². The molecular weight excluding hydrogens is 288 g/mol. The summed E-state index contributed by atoms with van der Waals surface area (Å²) in [7, 11) is 0. The molecule has 0 fully saturated rings. The maximum Gasteiger partial charge on any atom is 0.259 e. The van der Waals surface area contributed by atoms with Gasteiger partial charge >= 0.3 is 0 Å². The number of hydrogen-bond acceptors (Lipinski definition) is 4. The molecule has 6 heteroatoms. The molecule has 2 N–H and O–H groups in total. The predicted molar refractivity (Wildman–Crippen MR) is 81.2 cm³/mol. The van der Waals surface area contributed by atoms with Gasteiger partial charge in [0.05, 0.1) is 5.56 Å². The first-order valence-electron chi connectivity index (χ1n) is 6.88. The molecule has 0 aliphatic carbocycles. The second-order valence-corrected chi connectivity index (χ2v) is 5.26. The van der Waals surface area contributed by atoms with Gasteiger partial charge in [-0.1, -0.05) is 30.3 Å². The van der Waals surface area contributed by atoms with Crippen LogP contribution < -0.4 is 10.3 Å². The lowest BCUT2D eigenvalue weighted by atomic mass is 9.88. The van der Waals surface area contributed by atoms with E-state index in [-0.39, 0.29) is 22.5 Å². The quantitative estimate of drug-likeness (QED) is 0.856. The van der Waals surface area contributed by atoms with Gasteiger partial charge in [-0.25, -0.2) is 0 Å². The molecule has 110 valence electrons. The smallest absolute Gasteiger partial charge is 0.259 e. The van der Waals surface area contributed by atoms with Crippen LogP contribution in [0.25, 0.3) is 0 Å². The number of hydrogen-bond donors (Lipinski definition) is 2. The van der Waals surface area contributed by atoms with E-state index in [1.807, 2.05) is 37.3 Å². The van der Waals surface area contributed by atoms with Gasteiger partial charge in [0.15, 0.2) is 4.77 Å². The van der Waals surface area contributed by atoms with Crippen molar-refractivity contribution in [1.29, 1.82) is 0 Å². The zero-order valence-electron chi connectivity index (χ0n) is 11.6. The zero-order valence-corrected chi connectivity index (χ0v) is 12.4. The molecule has 0 radical (unpaired) electrons. The summed E-state index contributed by atoms with van der Waals surface area (Å²) in [6.07, 6.45) is 0.207. The van der Waals surface area contributed by atoms with E-state index >= 15 is 0 Å². The Morgan fingerprint density at radius 2 is 2.10 bits per heavy atom. The van der Waals surface area contributed by atoms with Crippen LogP contribution in [0.1, 0.15) is 30.4 Å². The van der Waals surface area contributed by atoms with Crippen molar-refractivity contribution in [2.24, 2.45) is 0 Å². The maximum absolute atomic E-state index is 12.3. The molecule has 2 heterocycles. The van der Waals surface area contributed by atoms with E-state index in [1.165, 1.54) is 0 Å². The summed E-state index contributed by atoms with van der Waals surface area (Å²) in [5.74, 6) is 0.324. The van der Waals surface area contributed by atoms with E-state index in [9.17, 15) is 4.79 Å². The lowest BCUT2D eigenvalue weighted by molar-refractivity contribution is -0.0922. The van der Waals surface area contributed by atoms with Gasteiger partial charge in [0.25, 0.3) is 5.56 Å². The van der Waals surface area contributed by atoms with Gasteiger partial charge < -0.3 is 14.5 Å². The first-order valence-corrected chi connectivity index (χ1v) is 7.29. The maximum atomic E-state index is 12.3. The Bertz CT molecular complexity index is 739. The number of rotatable bonds is 3. The summed E-state index contributed by atoms with van der Waals surface area (Å²) >= 11 is 5.01. The Morgan fingerprint density at radius 3 is 2.81 bits per heavy atom. The minimum Gasteiger partial charge on any atom is -0.449 e. The Morgan fingerprint density at radius 1 is 1.33 bits per heavy atom. The molecular formula is C15H16N2O3S. The third-order valence-electron chi connectivity index (χ3n) is 3.52. The van der Waals surface area contributed by atoms with E-state index in [4.69, 9.17) is 21.7 Å². The summed E-state index contributed by atoms with van der Waals surface area (Å²) in [4.78, 5) is 17.8. The van der Waals surface area contributed by atoms with Crippen molar-refractivity contribution >= 4 is 12.2 Å². The monoisotopic (exact) mass is 304 g/mol. The average molecular weight is 304 g/mol. The highest BCUT2D eigenvalue weighted by Gasteiger charge is 2.32. The van der Waals surface area contributed by atoms with E-state index < -0.39 is 0 Å². The highest BCUT2D eigenvalue weighted by molar-refractivity contribution is 7.71. The lowest BCUT2D eigenvalue weighted by Crippen LogP contribution is -2.33. The molecule has 1 aromatic heterocycles. The first-order chi connectivity index (χ1) is 10.2. The number of nitrogens with one attached hydrogen (secondary N) is 2. The topological polar surface area (TPSA) is 67.1 Å². The number of fused-ring (bicyclic) bond motifs is 1. The molecule has 1 aliphatic heterocycles. The number of H-pyrrole nitrogens is 2. The fourth-order valence-corrected chi connectivity index (χ4v) is 2.84. The summed E-state index contributed by atoms with van der Waals surface area (Å²) < 4.78 is 11.6.